The number of ether oxygens (including phenoxy) is 3. The summed E-state index contributed by atoms with van der Waals surface area (Å²) >= 11 is 0. The van der Waals surface area contributed by atoms with Crippen molar-refractivity contribution < 1.29 is 19.0 Å². The van der Waals surface area contributed by atoms with E-state index < -0.39 is 5.79 Å². The van der Waals surface area contributed by atoms with Crippen LogP contribution in [0.3, 0.4) is 0 Å². The largest absolute Gasteiger partial charge is 0.358 e. The molecule has 0 aromatic rings. The Balaban J connectivity index is 1.29. The number of carbonyl (C=O) groups is 1. The van der Waals surface area contributed by atoms with Crippen molar-refractivity contribution in [2.45, 2.75) is 89.1 Å². The zero-order valence-corrected chi connectivity index (χ0v) is 16.9. The monoisotopic (exact) mass is 372 g/mol. The summed E-state index contributed by atoms with van der Waals surface area (Å²) in [7, 11) is 0. The fourth-order valence-electron chi connectivity index (χ4n) is 7.35. The molecule has 2 heterocycles. The predicted octanol–water partition coefficient (Wildman–Crippen LogP) is 4.17. The third kappa shape index (κ3) is 2.03. The van der Waals surface area contributed by atoms with Crippen LogP contribution in [0.2, 0.25) is 0 Å². The number of allylic oxidation sites excluding steroid dienone is 1. The number of ketones is 1. The topological polar surface area (TPSA) is 48.1 Å². The Morgan fingerprint density at radius 2 is 1.81 bits per heavy atom. The van der Waals surface area contributed by atoms with E-state index in [1.165, 1.54) is 5.57 Å². The van der Waals surface area contributed by atoms with Crippen LogP contribution in [0.25, 0.3) is 0 Å². The maximum Gasteiger partial charge on any atom is 0.171 e. The molecule has 2 aliphatic heterocycles. The van der Waals surface area contributed by atoms with E-state index in [0.29, 0.717) is 17.6 Å². The molecule has 6 rings (SSSR count). The highest BCUT2D eigenvalue weighted by Crippen LogP contribution is 2.73. The number of epoxide rings is 1. The van der Waals surface area contributed by atoms with Gasteiger partial charge < -0.3 is 14.2 Å². The Morgan fingerprint density at radius 1 is 1.04 bits per heavy atom. The zero-order chi connectivity index (χ0) is 18.7. The molecule has 4 nitrogen and oxygen atoms in total. The first-order valence-corrected chi connectivity index (χ1v) is 11.0. The molecule has 3 unspecified atom stereocenters. The molecule has 4 heteroatoms. The van der Waals surface area contributed by atoms with Gasteiger partial charge in [-0.05, 0) is 49.5 Å². The van der Waals surface area contributed by atoms with Crippen molar-refractivity contribution in [3.05, 3.63) is 11.6 Å². The van der Waals surface area contributed by atoms with Crippen molar-refractivity contribution in [2.75, 3.05) is 13.2 Å². The van der Waals surface area contributed by atoms with E-state index in [1.54, 1.807) is 0 Å². The number of carbonyl (C=O) groups excluding carboxylic acids is 1. The van der Waals surface area contributed by atoms with E-state index >= 15 is 0 Å². The molecule has 6 aliphatic rings. The van der Waals surface area contributed by atoms with Gasteiger partial charge in [-0.1, -0.05) is 26.8 Å². The molecule has 148 valence electrons. The summed E-state index contributed by atoms with van der Waals surface area (Å²) in [6, 6.07) is 0. The summed E-state index contributed by atoms with van der Waals surface area (Å²) in [5, 5.41) is 0. The highest BCUT2D eigenvalue weighted by molar-refractivity contribution is 5.87. The standard InChI is InChI=1S/C23H32O4/c1-19(2)13-25-22(26-14-19)10-11-23-17-7-8-20(3)16(4-5-18(20)24)15(17)6-9-21(23,12-22)27-23/h7,15-16H,4-6,8-14H2,1-3H3/t15?,16?,20-,21+,23?/m0/s1. The van der Waals surface area contributed by atoms with Gasteiger partial charge in [0.25, 0.3) is 0 Å². The van der Waals surface area contributed by atoms with Gasteiger partial charge in [0.1, 0.15) is 17.0 Å². The van der Waals surface area contributed by atoms with Gasteiger partial charge in [0.15, 0.2) is 5.79 Å². The third-order valence-electron chi connectivity index (χ3n) is 9.02. The predicted molar refractivity (Wildman–Crippen MR) is 100 cm³/mol. The van der Waals surface area contributed by atoms with Crippen molar-refractivity contribution in [1.82, 2.24) is 0 Å². The average Bonchev–Trinajstić information content (AvgIpc) is 3.23. The van der Waals surface area contributed by atoms with Crippen LogP contribution in [-0.4, -0.2) is 36.0 Å². The van der Waals surface area contributed by atoms with Gasteiger partial charge in [0.2, 0.25) is 0 Å². The van der Waals surface area contributed by atoms with Crippen molar-refractivity contribution in [2.24, 2.45) is 22.7 Å². The number of rotatable bonds is 0. The van der Waals surface area contributed by atoms with Crippen LogP contribution >= 0.6 is 0 Å². The Hall–Kier alpha value is -0.710. The van der Waals surface area contributed by atoms with Crippen molar-refractivity contribution >= 4 is 5.78 Å². The second-order valence-corrected chi connectivity index (χ2v) is 11.2. The van der Waals surface area contributed by atoms with Gasteiger partial charge in [-0.25, -0.2) is 0 Å². The first-order chi connectivity index (χ1) is 12.7. The Morgan fingerprint density at radius 3 is 2.59 bits per heavy atom. The number of fused-ring (bicyclic) bond motifs is 3. The lowest BCUT2D eigenvalue weighted by Crippen LogP contribution is -2.56. The van der Waals surface area contributed by atoms with Crippen LogP contribution in [-0.2, 0) is 19.0 Å². The SMILES string of the molecule is CC1(C)COC2(CCC34O[C@]3(CCC3C4=CC[C@]4(C)C(=O)CCC34)C2)OC1. The van der Waals surface area contributed by atoms with Crippen LogP contribution in [0.5, 0.6) is 0 Å². The normalized spacial score (nSPS) is 51.7. The molecule has 0 amide bonds. The lowest BCUT2D eigenvalue weighted by atomic mass is 9.54. The minimum atomic E-state index is -0.435. The van der Waals surface area contributed by atoms with Crippen molar-refractivity contribution in [1.29, 1.82) is 0 Å². The van der Waals surface area contributed by atoms with Gasteiger partial charge in [-0.15, -0.1) is 0 Å². The van der Waals surface area contributed by atoms with E-state index in [4.69, 9.17) is 14.2 Å². The van der Waals surface area contributed by atoms with E-state index in [-0.39, 0.29) is 22.0 Å². The molecule has 0 aromatic heterocycles. The molecular formula is C23H32O4. The molecule has 5 atom stereocenters. The maximum absolute atomic E-state index is 12.5. The quantitative estimate of drug-likeness (QED) is 0.473. The smallest absolute Gasteiger partial charge is 0.171 e. The van der Waals surface area contributed by atoms with E-state index in [9.17, 15) is 4.79 Å². The van der Waals surface area contributed by atoms with Gasteiger partial charge in [0, 0.05) is 30.1 Å². The number of Topliss-reactive ketones (excluding diaryl/α,β-unsaturated/α-hetero) is 1. The molecule has 3 saturated carbocycles. The second kappa shape index (κ2) is 4.88. The minimum Gasteiger partial charge on any atom is -0.358 e. The molecule has 4 aliphatic carbocycles. The van der Waals surface area contributed by atoms with Crippen LogP contribution < -0.4 is 0 Å². The van der Waals surface area contributed by atoms with Crippen molar-refractivity contribution in [3.8, 4) is 0 Å². The van der Waals surface area contributed by atoms with Gasteiger partial charge >= 0.3 is 0 Å². The summed E-state index contributed by atoms with van der Waals surface area (Å²) in [5.41, 5.74) is 1.37. The van der Waals surface area contributed by atoms with Crippen molar-refractivity contribution in [3.63, 3.8) is 0 Å². The fourth-order valence-corrected chi connectivity index (χ4v) is 7.35. The van der Waals surface area contributed by atoms with Gasteiger partial charge in [-0.3, -0.25) is 4.79 Å². The molecule has 2 saturated heterocycles. The molecule has 0 bridgehead atoms. The Bertz CT molecular complexity index is 743. The molecule has 0 radical (unpaired) electrons. The lowest BCUT2D eigenvalue weighted by molar-refractivity contribution is -0.313. The first-order valence-electron chi connectivity index (χ1n) is 11.0. The second-order valence-electron chi connectivity index (χ2n) is 11.2. The molecule has 5 fully saturated rings. The van der Waals surface area contributed by atoms with Crippen LogP contribution in [0.1, 0.15) is 72.1 Å². The average molecular weight is 373 g/mol. The van der Waals surface area contributed by atoms with E-state index in [1.807, 2.05) is 0 Å². The maximum atomic E-state index is 12.5. The Kier molecular flexibility index (Phi) is 3.10. The van der Waals surface area contributed by atoms with Crippen LogP contribution in [0, 0.1) is 22.7 Å². The molecule has 0 aromatic carbocycles. The molecular weight excluding hydrogens is 340 g/mol. The zero-order valence-electron chi connectivity index (χ0n) is 16.9. The summed E-state index contributed by atoms with van der Waals surface area (Å²) in [4.78, 5) is 12.5. The van der Waals surface area contributed by atoms with E-state index in [2.05, 4.69) is 26.8 Å². The summed E-state index contributed by atoms with van der Waals surface area (Å²) in [5.74, 6) is 1.13. The van der Waals surface area contributed by atoms with Gasteiger partial charge in [-0.2, -0.15) is 0 Å². The van der Waals surface area contributed by atoms with Gasteiger partial charge in [0.05, 0.1) is 13.2 Å². The highest BCUT2D eigenvalue weighted by atomic mass is 16.7. The summed E-state index contributed by atoms with van der Waals surface area (Å²) in [6.45, 7) is 8.16. The minimum absolute atomic E-state index is 0.0756. The third-order valence-corrected chi connectivity index (χ3v) is 9.02. The fraction of sp³-hybridized carbons (Fsp3) is 0.870. The van der Waals surface area contributed by atoms with Crippen LogP contribution in [0.4, 0.5) is 0 Å². The highest BCUT2D eigenvalue weighted by Gasteiger charge is 2.79. The molecule has 1 spiro atoms. The van der Waals surface area contributed by atoms with E-state index in [0.717, 1.165) is 64.6 Å². The van der Waals surface area contributed by atoms with Crippen LogP contribution in [0.15, 0.2) is 11.6 Å². The summed E-state index contributed by atoms with van der Waals surface area (Å²) in [6.07, 6.45) is 10.2. The molecule has 0 N–H and O–H groups in total. The molecule has 27 heavy (non-hydrogen) atoms. The first kappa shape index (κ1) is 17.2. The Labute approximate surface area is 162 Å². The summed E-state index contributed by atoms with van der Waals surface area (Å²) < 4.78 is 19.3. The number of hydrogen-bond acceptors (Lipinski definition) is 4. The number of hydrogen-bond donors (Lipinski definition) is 0. The lowest BCUT2D eigenvalue weighted by Gasteiger charge is -2.51.